The highest BCUT2D eigenvalue weighted by Gasteiger charge is 2.25. The minimum Gasteiger partial charge on any atom is -0.497 e. The van der Waals surface area contributed by atoms with Crippen LogP contribution in [-0.4, -0.2) is 44.7 Å². The Kier molecular flexibility index (Phi) is 6.78. The summed E-state index contributed by atoms with van der Waals surface area (Å²) in [5.41, 5.74) is 6.27. The molecule has 1 aliphatic heterocycles. The van der Waals surface area contributed by atoms with E-state index in [1.807, 2.05) is 4.90 Å². The molecule has 1 aromatic rings. The number of carbonyl (C=O) groups is 1. The smallest absolute Gasteiger partial charge is 0.257 e. The van der Waals surface area contributed by atoms with Crippen molar-refractivity contribution >= 4 is 18.3 Å². The molecule has 1 aromatic carbocycles. The first-order valence-corrected chi connectivity index (χ1v) is 6.91. The van der Waals surface area contributed by atoms with Crippen LogP contribution in [0, 0.1) is 5.92 Å². The zero-order valence-electron chi connectivity index (χ0n) is 12.5. The van der Waals surface area contributed by atoms with Crippen molar-refractivity contribution in [3.8, 4) is 11.5 Å². The molecule has 0 aliphatic carbocycles. The summed E-state index contributed by atoms with van der Waals surface area (Å²) in [6, 6.07) is 5.28. The Bertz CT molecular complexity index is 482. The van der Waals surface area contributed by atoms with Gasteiger partial charge in [0.25, 0.3) is 5.91 Å². The van der Waals surface area contributed by atoms with E-state index in [0.717, 1.165) is 25.9 Å². The molecule has 0 bridgehead atoms. The van der Waals surface area contributed by atoms with Gasteiger partial charge in [-0.3, -0.25) is 4.79 Å². The summed E-state index contributed by atoms with van der Waals surface area (Å²) in [5, 5.41) is 0. The fraction of sp³-hybridized carbons (Fsp3) is 0.533. The van der Waals surface area contributed by atoms with Crippen LogP contribution in [0.1, 0.15) is 23.2 Å². The van der Waals surface area contributed by atoms with Crippen molar-refractivity contribution in [3.05, 3.63) is 23.8 Å². The Labute approximate surface area is 131 Å². The molecule has 1 amide bonds. The maximum Gasteiger partial charge on any atom is 0.257 e. The Morgan fingerprint density at radius 3 is 2.76 bits per heavy atom. The van der Waals surface area contributed by atoms with Crippen LogP contribution in [0.5, 0.6) is 11.5 Å². The maximum absolute atomic E-state index is 12.7. The third-order valence-corrected chi connectivity index (χ3v) is 3.78. The number of methoxy groups -OCH3 is 2. The van der Waals surface area contributed by atoms with E-state index in [9.17, 15) is 4.79 Å². The number of ether oxygens (including phenoxy) is 2. The van der Waals surface area contributed by atoms with Gasteiger partial charge in [-0.1, -0.05) is 0 Å². The van der Waals surface area contributed by atoms with Gasteiger partial charge in [0, 0.05) is 13.1 Å². The number of hydrogen-bond acceptors (Lipinski definition) is 4. The molecule has 0 radical (unpaired) electrons. The number of benzene rings is 1. The van der Waals surface area contributed by atoms with Crippen LogP contribution in [0.3, 0.4) is 0 Å². The average molecular weight is 315 g/mol. The predicted molar refractivity (Wildman–Crippen MR) is 84.5 cm³/mol. The van der Waals surface area contributed by atoms with Gasteiger partial charge in [0.1, 0.15) is 11.5 Å². The largest absolute Gasteiger partial charge is 0.497 e. The molecular formula is C15H23ClN2O3. The molecule has 1 fully saturated rings. The quantitative estimate of drug-likeness (QED) is 0.922. The fourth-order valence-electron chi connectivity index (χ4n) is 2.59. The minimum absolute atomic E-state index is 0. The van der Waals surface area contributed by atoms with Crippen molar-refractivity contribution in [2.24, 2.45) is 11.7 Å². The zero-order chi connectivity index (χ0) is 14.5. The number of nitrogens with zero attached hydrogens (tertiary/aromatic N) is 1. The van der Waals surface area contributed by atoms with Crippen LogP contribution < -0.4 is 15.2 Å². The zero-order valence-corrected chi connectivity index (χ0v) is 13.3. The fourth-order valence-corrected chi connectivity index (χ4v) is 2.59. The number of amides is 1. The Morgan fingerprint density at radius 1 is 1.38 bits per heavy atom. The van der Waals surface area contributed by atoms with Gasteiger partial charge in [0.05, 0.1) is 19.8 Å². The number of halogens is 1. The summed E-state index contributed by atoms with van der Waals surface area (Å²) in [6.45, 7) is 2.12. The van der Waals surface area contributed by atoms with E-state index in [2.05, 4.69) is 0 Å². The van der Waals surface area contributed by atoms with E-state index in [4.69, 9.17) is 15.2 Å². The molecule has 1 unspecified atom stereocenters. The highest BCUT2D eigenvalue weighted by atomic mass is 35.5. The molecule has 1 aliphatic rings. The lowest BCUT2D eigenvalue weighted by molar-refractivity contribution is 0.0674. The second-order valence-corrected chi connectivity index (χ2v) is 5.06. The average Bonchev–Trinajstić information content (AvgIpc) is 2.53. The second-order valence-electron chi connectivity index (χ2n) is 5.06. The highest BCUT2D eigenvalue weighted by Crippen LogP contribution is 2.27. The molecule has 5 nitrogen and oxygen atoms in total. The molecule has 1 saturated heterocycles. The number of piperidine rings is 1. The molecule has 0 spiro atoms. The lowest BCUT2D eigenvalue weighted by atomic mass is 9.97. The van der Waals surface area contributed by atoms with E-state index in [-0.39, 0.29) is 18.3 Å². The SMILES string of the molecule is COc1ccc(OC)c(C(=O)N2CCCC(CN)C2)c1.Cl. The van der Waals surface area contributed by atoms with Crippen LogP contribution in [0.4, 0.5) is 0 Å². The van der Waals surface area contributed by atoms with Gasteiger partial charge < -0.3 is 20.1 Å². The van der Waals surface area contributed by atoms with E-state index in [0.29, 0.717) is 29.5 Å². The first-order chi connectivity index (χ1) is 9.69. The van der Waals surface area contributed by atoms with Crippen LogP contribution in [0.25, 0.3) is 0 Å². The summed E-state index contributed by atoms with van der Waals surface area (Å²) < 4.78 is 10.5. The highest BCUT2D eigenvalue weighted by molar-refractivity contribution is 5.97. The number of hydrogen-bond donors (Lipinski definition) is 1. The first kappa shape index (κ1) is 17.6. The summed E-state index contributed by atoms with van der Waals surface area (Å²) in [7, 11) is 3.15. The summed E-state index contributed by atoms with van der Waals surface area (Å²) in [5.74, 6) is 1.61. The Morgan fingerprint density at radius 2 is 2.14 bits per heavy atom. The standard InChI is InChI=1S/C15H22N2O3.ClH/c1-19-12-5-6-14(20-2)13(8-12)15(18)17-7-3-4-11(9-16)10-17;/h5-6,8,11H,3-4,7,9-10,16H2,1-2H3;1H. The Balaban J connectivity index is 0.00000220. The van der Waals surface area contributed by atoms with Crippen LogP contribution in [0.2, 0.25) is 0 Å². The maximum atomic E-state index is 12.7. The normalized spacial score (nSPS) is 17.9. The molecule has 1 heterocycles. The number of carbonyl (C=O) groups excluding carboxylic acids is 1. The molecule has 0 aromatic heterocycles. The van der Waals surface area contributed by atoms with Gasteiger partial charge in [-0.05, 0) is 43.5 Å². The topological polar surface area (TPSA) is 64.8 Å². The summed E-state index contributed by atoms with van der Waals surface area (Å²) in [4.78, 5) is 14.5. The first-order valence-electron chi connectivity index (χ1n) is 6.91. The van der Waals surface area contributed by atoms with Gasteiger partial charge in [-0.25, -0.2) is 0 Å². The predicted octanol–water partition coefficient (Wildman–Crippen LogP) is 1.94. The molecule has 1 atom stereocenters. The molecule has 2 rings (SSSR count). The summed E-state index contributed by atoms with van der Waals surface area (Å²) >= 11 is 0. The van der Waals surface area contributed by atoms with Crippen LogP contribution in [-0.2, 0) is 0 Å². The van der Waals surface area contributed by atoms with E-state index >= 15 is 0 Å². The molecule has 21 heavy (non-hydrogen) atoms. The van der Waals surface area contributed by atoms with Gasteiger partial charge in [-0.2, -0.15) is 0 Å². The van der Waals surface area contributed by atoms with E-state index in [1.54, 1.807) is 32.4 Å². The van der Waals surface area contributed by atoms with Crippen LogP contribution in [0.15, 0.2) is 18.2 Å². The third kappa shape index (κ3) is 4.02. The van der Waals surface area contributed by atoms with E-state index < -0.39 is 0 Å². The van der Waals surface area contributed by atoms with Crippen LogP contribution >= 0.6 is 12.4 Å². The molecular weight excluding hydrogens is 292 g/mol. The lowest BCUT2D eigenvalue weighted by Gasteiger charge is -2.32. The Hall–Kier alpha value is -1.46. The van der Waals surface area contributed by atoms with Gasteiger partial charge >= 0.3 is 0 Å². The van der Waals surface area contributed by atoms with Crippen molar-refractivity contribution < 1.29 is 14.3 Å². The van der Waals surface area contributed by atoms with Crippen molar-refractivity contribution in [2.75, 3.05) is 33.9 Å². The lowest BCUT2D eigenvalue weighted by Crippen LogP contribution is -2.42. The molecule has 6 heteroatoms. The molecule has 2 N–H and O–H groups in total. The minimum atomic E-state index is -0.0149. The van der Waals surface area contributed by atoms with E-state index in [1.165, 1.54) is 0 Å². The molecule has 0 saturated carbocycles. The second kappa shape index (κ2) is 8.10. The van der Waals surface area contributed by atoms with Gasteiger partial charge in [-0.15, -0.1) is 12.4 Å². The van der Waals surface area contributed by atoms with Crippen molar-refractivity contribution in [1.82, 2.24) is 4.90 Å². The molecule has 118 valence electrons. The van der Waals surface area contributed by atoms with Gasteiger partial charge in [0.2, 0.25) is 0 Å². The number of rotatable bonds is 4. The van der Waals surface area contributed by atoms with Crippen molar-refractivity contribution in [1.29, 1.82) is 0 Å². The summed E-state index contributed by atoms with van der Waals surface area (Å²) in [6.07, 6.45) is 2.09. The number of likely N-dealkylation sites (tertiary alicyclic amines) is 1. The van der Waals surface area contributed by atoms with Crippen molar-refractivity contribution in [2.45, 2.75) is 12.8 Å². The van der Waals surface area contributed by atoms with Gasteiger partial charge in [0.15, 0.2) is 0 Å². The monoisotopic (exact) mass is 314 g/mol. The number of nitrogens with two attached hydrogens (primary N) is 1. The third-order valence-electron chi connectivity index (χ3n) is 3.78. The van der Waals surface area contributed by atoms with Crippen molar-refractivity contribution in [3.63, 3.8) is 0 Å².